The molecule has 19 heavy (non-hydrogen) atoms. The van der Waals surface area contributed by atoms with E-state index in [1.807, 2.05) is 4.90 Å². The molecule has 1 aromatic carbocycles. The highest BCUT2D eigenvalue weighted by Crippen LogP contribution is 2.33. The van der Waals surface area contributed by atoms with Crippen molar-refractivity contribution in [1.29, 1.82) is 0 Å². The van der Waals surface area contributed by atoms with Crippen LogP contribution in [0.2, 0.25) is 0 Å². The molecule has 0 spiro atoms. The second kappa shape index (κ2) is 5.07. The van der Waals surface area contributed by atoms with Crippen LogP contribution >= 0.6 is 0 Å². The Hall–Kier alpha value is -1.78. The van der Waals surface area contributed by atoms with Crippen LogP contribution in [0.15, 0.2) is 12.1 Å². The van der Waals surface area contributed by atoms with E-state index in [-0.39, 0.29) is 17.3 Å². The summed E-state index contributed by atoms with van der Waals surface area (Å²) in [6, 6.07) is 2.93. The number of nitrogen functional groups attached to an aromatic ring is 1. The molecule has 0 radical (unpaired) electrons. The predicted molar refractivity (Wildman–Crippen MR) is 72.7 cm³/mol. The lowest BCUT2D eigenvalue weighted by atomic mass is 10.1. The molecule has 2 atom stereocenters. The number of carbonyl (C=O) groups excluding carboxylic acids is 1. The fraction of sp³-hybridized carbons (Fsp3) is 0.500. The van der Waals surface area contributed by atoms with Gasteiger partial charge >= 0.3 is 5.97 Å². The van der Waals surface area contributed by atoms with Gasteiger partial charge in [-0.25, -0.2) is 9.18 Å². The molecule has 1 aliphatic heterocycles. The standard InChI is InChI=1S/C14H19FN2O2/c1-8-4-9(2)17(7-8)13-5-10(14(18)19-3)12(16)6-11(13)15/h5-6,8-9H,4,7,16H2,1-3H3. The predicted octanol–water partition coefficient (Wildman–Crippen LogP) is 2.43. The van der Waals surface area contributed by atoms with Crippen molar-refractivity contribution in [2.45, 2.75) is 26.3 Å². The van der Waals surface area contributed by atoms with Crippen LogP contribution in [0.25, 0.3) is 0 Å². The van der Waals surface area contributed by atoms with Gasteiger partial charge in [-0.2, -0.15) is 0 Å². The van der Waals surface area contributed by atoms with E-state index < -0.39 is 11.8 Å². The Morgan fingerprint density at radius 3 is 2.68 bits per heavy atom. The number of hydrogen-bond donors (Lipinski definition) is 1. The molecule has 2 rings (SSSR count). The van der Waals surface area contributed by atoms with E-state index in [9.17, 15) is 9.18 Å². The third kappa shape index (κ3) is 2.50. The molecule has 1 aliphatic rings. The van der Waals surface area contributed by atoms with Gasteiger partial charge in [0.15, 0.2) is 0 Å². The number of anilines is 2. The number of esters is 1. The van der Waals surface area contributed by atoms with Crippen molar-refractivity contribution < 1.29 is 13.9 Å². The highest BCUT2D eigenvalue weighted by Gasteiger charge is 2.29. The van der Waals surface area contributed by atoms with E-state index in [0.717, 1.165) is 13.0 Å². The average Bonchev–Trinajstić information content (AvgIpc) is 2.67. The zero-order valence-corrected chi connectivity index (χ0v) is 11.4. The highest BCUT2D eigenvalue weighted by atomic mass is 19.1. The first kappa shape index (κ1) is 13.6. The maximum absolute atomic E-state index is 14.1. The van der Waals surface area contributed by atoms with Crippen LogP contribution in [0, 0.1) is 11.7 Å². The van der Waals surface area contributed by atoms with Crippen molar-refractivity contribution in [2.75, 3.05) is 24.3 Å². The first-order chi connectivity index (χ1) is 8.93. The van der Waals surface area contributed by atoms with Gasteiger partial charge in [-0.3, -0.25) is 0 Å². The largest absolute Gasteiger partial charge is 0.465 e. The Morgan fingerprint density at radius 2 is 2.16 bits per heavy atom. The van der Waals surface area contributed by atoms with Gasteiger partial charge in [0.25, 0.3) is 0 Å². The quantitative estimate of drug-likeness (QED) is 0.660. The first-order valence-electron chi connectivity index (χ1n) is 6.38. The van der Waals surface area contributed by atoms with Crippen LogP contribution in [-0.2, 0) is 4.74 Å². The summed E-state index contributed by atoms with van der Waals surface area (Å²) in [7, 11) is 1.28. The molecule has 0 aromatic heterocycles. The number of ether oxygens (including phenoxy) is 1. The number of nitrogens with two attached hydrogens (primary N) is 1. The summed E-state index contributed by atoms with van der Waals surface area (Å²) in [6.45, 7) is 4.96. The summed E-state index contributed by atoms with van der Waals surface area (Å²) in [5.74, 6) is -0.432. The summed E-state index contributed by atoms with van der Waals surface area (Å²) >= 11 is 0. The molecular weight excluding hydrogens is 247 g/mol. The maximum atomic E-state index is 14.1. The Bertz CT molecular complexity index is 504. The Labute approximate surface area is 112 Å². The lowest BCUT2D eigenvalue weighted by molar-refractivity contribution is 0.0602. The van der Waals surface area contributed by atoms with Crippen molar-refractivity contribution in [3.63, 3.8) is 0 Å². The molecule has 5 heteroatoms. The van der Waals surface area contributed by atoms with Crippen molar-refractivity contribution in [3.8, 4) is 0 Å². The van der Waals surface area contributed by atoms with E-state index >= 15 is 0 Å². The Morgan fingerprint density at radius 1 is 1.47 bits per heavy atom. The monoisotopic (exact) mass is 266 g/mol. The molecule has 0 amide bonds. The molecular formula is C14H19FN2O2. The van der Waals surface area contributed by atoms with Gasteiger partial charge < -0.3 is 15.4 Å². The number of benzene rings is 1. The molecule has 2 N–H and O–H groups in total. The third-order valence-electron chi connectivity index (χ3n) is 3.62. The Kier molecular flexibility index (Phi) is 3.64. The van der Waals surface area contributed by atoms with E-state index in [1.54, 1.807) is 0 Å². The molecule has 0 saturated carbocycles. The van der Waals surface area contributed by atoms with E-state index in [0.29, 0.717) is 11.6 Å². The number of methoxy groups -OCH3 is 1. The summed E-state index contributed by atoms with van der Waals surface area (Å²) < 4.78 is 18.7. The third-order valence-corrected chi connectivity index (χ3v) is 3.62. The van der Waals surface area contributed by atoms with Crippen molar-refractivity contribution in [3.05, 3.63) is 23.5 Å². The summed E-state index contributed by atoms with van der Waals surface area (Å²) in [5.41, 5.74) is 6.41. The van der Waals surface area contributed by atoms with Crippen LogP contribution in [0.4, 0.5) is 15.8 Å². The maximum Gasteiger partial charge on any atom is 0.340 e. The molecule has 1 fully saturated rings. The minimum Gasteiger partial charge on any atom is -0.465 e. The number of hydrogen-bond acceptors (Lipinski definition) is 4. The van der Waals surface area contributed by atoms with Crippen LogP contribution in [0.3, 0.4) is 0 Å². The molecule has 104 valence electrons. The molecule has 0 bridgehead atoms. The number of halogens is 1. The van der Waals surface area contributed by atoms with Gasteiger partial charge in [0, 0.05) is 18.3 Å². The molecule has 1 saturated heterocycles. The first-order valence-corrected chi connectivity index (χ1v) is 6.38. The smallest absolute Gasteiger partial charge is 0.340 e. The number of nitrogens with zero attached hydrogens (tertiary/aromatic N) is 1. The van der Waals surface area contributed by atoms with Gasteiger partial charge in [0.05, 0.1) is 18.4 Å². The molecule has 2 unspecified atom stereocenters. The van der Waals surface area contributed by atoms with Gasteiger partial charge in [0.2, 0.25) is 0 Å². The lowest BCUT2D eigenvalue weighted by Gasteiger charge is -2.25. The van der Waals surface area contributed by atoms with Gasteiger partial charge in [-0.15, -0.1) is 0 Å². The van der Waals surface area contributed by atoms with Gasteiger partial charge in [0.1, 0.15) is 5.82 Å². The van der Waals surface area contributed by atoms with Crippen LogP contribution in [0.5, 0.6) is 0 Å². The fourth-order valence-electron chi connectivity index (χ4n) is 2.72. The number of rotatable bonds is 2. The highest BCUT2D eigenvalue weighted by molar-refractivity contribution is 5.96. The lowest BCUT2D eigenvalue weighted by Crippen LogP contribution is -2.28. The summed E-state index contributed by atoms with van der Waals surface area (Å²) in [5, 5.41) is 0. The zero-order valence-electron chi connectivity index (χ0n) is 11.4. The minimum atomic E-state index is -0.543. The van der Waals surface area contributed by atoms with Crippen molar-refractivity contribution in [1.82, 2.24) is 0 Å². The summed E-state index contributed by atoms with van der Waals surface area (Å²) in [6.07, 6.45) is 1.01. The number of carbonyl (C=O) groups is 1. The van der Waals surface area contributed by atoms with Gasteiger partial charge in [-0.1, -0.05) is 6.92 Å². The SMILES string of the molecule is COC(=O)c1cc(N2CC(C)CC2C)c(F)cc1N. The normalized spacial score (nSPS) is 22.6. The zero-order chi connectivity index (χ0) is 14.2. The summed E-state index contributed by atoms with van der Waals surface area (Å²) in [4.78, 5) is 13.6. The topological polar surface area (TPSA) is 55.6 Å². The van der Waals surface area contributed by atoms with Crippen LogP contribution < -0.4 is 10.6 Å². The van der Waals surface area contributed by atoms with Crippen molar-refractivity contribution in [2.24, 2.45) is 5.92 Å². The van der Waals surface area contributed by atoms with Crippen molar-refractivity contribution >= 4 is 17.3 Å². The minimum absolute atomic E-state index is 0.105. The average molecular weight is 266 g/mol. The fourth-order valence-corrected chi connectivity index (χ4v) is 2.72. The van der Waals surface area contributed by atoms with E-state index in [4.69, 9.17) is 5.73 Å². The molecule has 0 aliphatic carbocycles. The van der Waals surface area contributed by atoms with E-state index in [2.05, 4.69) is 18.6 Å². The molecule has 1 heterocycles. The molecule has 4 nitrogen and oxygen atoms in total. The van der Waals surface area contributed by atoms with Crippen LogP contribution in [0.1, 0.15) is 30.6 Å². The second-order valence-corrected chi connectivity index (χ2v) is 5.22. The second-order valence-electron chi connectivity index (χ2n) is 5.22. The van der Waals surface area contributed by atoms with E-state index in [1.165, 1.54) is 19.2 Å². The van der Waals surface area contributed by atoms with Crippen LogP contribution in [-0.4, -0.2) is 25.7 Å². The van der Waals surface area contributed by atoms with Gasteiger partial charge in [-0.05, 0) is 31.4 Å². The molecule has 1 aromatic rings. The Balaban J connectivity index is 2.43.